The first-order valence-corrected chi connectivity index (χ1v) is 4.96. The van der Waals surface area contributed by atoms with Crippen LogP contribution in [0, 0.1) is 11.3 Å². The van der Waals surface area contributed by atoms with Crippen molar-refractivity contribution in [3.05, 3.63) is 0 Å². The molecular formula is C10H17N3O3. The van der Waals surface area contributed by atoms with Gasteiger partial charge in [-0.25, -0.2) is 4.79 Å². The lowest BCUT2D eigenvalue weighted by molar-refractivity contribution is -0.137. The topological polar surface area (TPSA) is 84.6 Å². The second-order valence-corrected chi connectivity index (χ2v) is 3.67. The minimum Gasteiger partial charge on any atom is -0.481 e. The Morgan fingerprint density at radius 3 is 2.44 bits per heavy atom. The van der Waals surface area contributed by atoms with E-state index in [4.69, 9.17) is 10.4 Å². The number of amides is 2. The van der Waals surface area contributed by atoms with E-state index in [1.807, 2.05) is 6.07 Å². The predicted octanol–water partition coefficient (Wildman–Crippen LogP) is 0.747. The molecule has 90 valence electrons. The molecule has 0 rings (SSSR count). The molecule has 0 aromatic rings. The maximum absolute atomic E-state index is 11.7. The van der Waals surface area contributed by atoms with Gasteiger partial charge in [0.2, 0.25) is 0 Å². The summed E-state index contributed by atoms with van der Waals surface area (Å²) in [7, 11) is 3.14. The standard InChI is InChI=1S/C10H17N3O3/c1-8(4-6-11)13(3)10(16)12(2)7-5-9(14)15/h8H,4-5,7H2,1-3H3,(H,14,15). The van der Waals surface area contributed by atoms with Crippen LogP contribution in [0.2, 0.25) is 0 Å². The highest BCUT2D eigenvalue weighted by molar-refractivity contribution is 5.75. The molecular weight excluding hydrogens is 210 g/mol. The van der Waals surface area contributed by atoms with Crippen molar-refractivity contribution in [3.63, 3.8) is 0 Å². The number of nitriles is 1. The average molecular weight is 227 g/mol. The lowest BCUT2D eigenvalue weighted by atomic mass is 10.2. The van der Waals surface area contributed by atoms with Crippen molar-refractivity contribution in [2.75, 3.05) is 20.6 Å². The summed E-state index contributed by atoms with van der Waals surface area (Å²) in [6.45, 7) is 1.93. The minimum atomic E-state index is -0.938. The van der Waals surface area contributed by atoms with Crippen LogP contribution in [0.25, 0.3) is 0 Å². The minimum absolute atomic E-state index is 0.0806. The van der Waals surface area contributed by atoms with E-state index in [1.165, 1.54) is 9.80 Å². The van der Waals surface area contributed by atoms with Gasteiger partial charge in [0.05, 0.1) is 18.9 Å². The molecule has 6 heteroatoms. The van der Waals surface area contributed by atoms with Crippen LogP contribution in [0.4, 0.5) is 4.79 Å². The number of urea groups is 1. The summed E-state index contributed by atoms with van der Waals surface area (Å²) in [5.74, 6) is -0.938. The summed E-state index contributed by atoms with van der Waals surface area (Å²) in [6.07, 6.45) is 0.178. The summed E-state index contributed by atoms with van der Waals surface area (Å²) >= 11 is 0. The van der Waals surface area contributed by atoms with Gasteiger partial charge in [0.15, 0.2) is 0 Å². The highest BCUT2D eigenvalue weighted by Gasteiger charge is 2.19. The van der Waals surface area contributed by atoms with Gasteiger partial charge < -0.3 is 14.9 Å². The molecule has 1 unspecified atom stereocenters. The summed E-state index contributed by atoms with van der Waals surface area (Å²) in [4.78, 5) is 24.8. The van der Waals surface area contributed by atoms with Crippen LogP contribution in [0.1, 0.15) is 19.8 Å². The van der Waals surface area contributed by atoms with Crippen molar-refractivity contribution in [2.24, 2.45) is 0 Å². The van der Waals surface area contributed by atoms with Crippen molar-refractivity contribution in [3.8, 4) is 6.07 Å². The van der Waals surface area contributed by atoms with Crippen LogP contribution in [-0.2, 0) is 4.79 Å². The van der Waals surface area contributed by atoms with E-state index in [0.717, 1.165) is 0 Å². The molecule has 0 spiro atoms. The van der Waals surface area contributed by atoms with Crippen LogP contribution in [0.15, 0.2) is 0 Å². The lowest BCUT2D eigenvalue weighted by Crippen LogP contribution is -2.43. The van der Waals surface area contributed by atoms with Gasteiger partial charge in [-0.3, -0.25) is 4.79 Å². The zero-order valence-corrected chi connectivity index (χ0v) is 9.80. The van der Waals surface area contributed by atoms with Crippen molar-refractivity contribution < 1.29 is 14.7 Å². The molecule has 1 N–H and O–H groups in total. The second kappa shape index (κ2) is 6.67. The van der Waals surface area contributed by atoms with Gasteiger partial charge in [0.25, 0.3) is 0 Å². The third-order valence-corrected chi connectivity index (χ3v) is 2.34. The Labute approximate surface area is 95.1 Å². The normalized spacial score (nSPS) is 11.4. The van der Waals surface area contributed by atoms with Gasteiger partial charge in [-0.05, 0) is 6.92 Å². The number of carbonyl (C=O) groups excluding carboxylic acids is 1. The van der Waals surface area contributed by atoms with E-state index in [0.29, 0.717) is 0 Å². The summed E-state index contributed by atoms with van der Waals surface area (Å²) in [5.41, 5.74) is 0. The van der Waals surface area contributed by atoms with Crippen LogP contribution in [0.3, 0.4) is 0 Å². The zero-order valence-electron chi connectivity index (χ0n) is 9.80. The van der Waals surface area contributed by atoms with Crippen LogP contribution in [-0.4, -0.2) is 53.6 Å². The fourth-order valence-electron chi connectivity index (χ4n) is 1.09. The Bertz CT molecular complexity index is 298. The summed E-state index contributed by atoms with van der Waals surface area (Å²) in [5, 5.41) is 17.0. The number of nitrogens with zero attached hydrogens (tertiary/aromatic N) is 3. The fraction of sp³-hybridized carbons (Fsp3) is 0.700. The van der Waals surface area contributed by atoms with E-state index < -0.39 is 5.97 Å². The van der Waals surface area contributed by atoms with E-state index in [9.17, 15) is 9.59 Å². The molecule has 0 radical (unpaired) electrons. The molecule has 0 aromatic carbocycles. The molecule has 1 atom stereocenters. The largest absolute Gasteiger partial charge is 0.481 e. The number of carboxylic acids is 1. The van der Waals surface area contributed by atoms with E-state index in [2.05, 4.69) is 0 Å². The molecule has 16 heavy (non-hydrogen) atoms. The zero-order chi connectivity index (χ0) is 12.7. The number of rotatable bonds is 5. The molecule has 2 amide bonds. The molecule has 0 saturated heterocycles. The Balaban J connectivity index is 4.21. The lowest BCUT2D eigenvalue weighted by Gasteiger charge is -2.28. The van der Waals surface area contributed by atoms with Gasteiger partial charge >= 0.3 is 12.0 Å². The van der Waals surface area contributed by atoms with Crippen LogP contribution < -0.4 is 0 Å². The smallest absolute Gasteiger partial charge is 0.319 e. The Kier molecular flexibility index (Phi) is 5.93. The van der Waals surface area contributed by atoms with E-state index in [1.54, 1.807) is 21.0 Å². The molecule has 0 aliphatic carbocycles. The molecule has 0 bridgehead atoms. The highest BCUT2D eigenvalue weighted by atomic mass is 16.4. The number of carboxylic acid groups (broad SMARTS) is 1. The van der Waals surface area contributed by atoms with E-state index in [-0.39, 0.29) is 31.5 Å². The molecule has 6 nitrogen and oxygen atoms in total. The van der Waals surface area contributed by atoms with Gasteiger partial charge in [0, 0.05) is 26.7 Å². The van der Waals surface area contributed by atoms with Crippen molar-refractivity contribution in [1.29, 1.82) is 5.26 Å². The summed E-state index contributed by atoms with van der Waals surface area (Å²) in [6, 6.07) is 1.54. The van der Waals surface area contributed by atoms with Crippen molar-refractivity contribution in [1.82, 2.24) is 9.80 Å². The van der Waals surface area contributed by atoms with Crippen molar-refractivity contribution >= 4 is 12.0 Å². The van der Waals surface area contributed by atoms with Gasteiger partial charge in [0.1, 0.15) is 0 Å². The highest BCUT2D eigenvalue weighted by Crippen LogP contribution is 2.04. The first-order valence-electron chi connectivity index (χ1n) is 4.96. The fourth-order valence-corrected chi connectivity index (χ4v) is 1.09. The third-order valence-electron chi connectivity index (χ3n) is 2.34. The first-order chi connectivity index (χ1) is 7.40. The maximum Gasteiger partial charge on any atom is 0.319 e. The molecule has 0 saturated carbocycles. The van der Waals surface area contributed by atoms with Crippen LogP contribution >= 0.6 is 0 Å². The van der Waals surface area contributed by atoms with Gasteiger partial charge in [-0.2, -0.15) is 5.26 Å². The maximum atomic E-state index is 11.7. The van der Waals surface area contributed by atoms with Crippen molar-refractivity contribution in [2.45, 2.75) is 25.8 Å². The van der Waals surface area contributed by atoms with Gasteiger partial charge in [-0.15, -0.1) is 0 Å². The molecule has 0 heterocycles. The third kappa shape index (κ3) is 4.64. The monoisotopic (exact) mass is 227 g/mol. The number of hydrogen-bond donors (Lipinski definition) is 1. The number of carbonyl (C=O) groups is 2. The van der Waals surface area contributed by atoms with Crippen LogP contribution in [0.5, 0.6) is 0 Å². The van der Waals surface area contributed by atoms with E-state index >= 15 is 0 Å². The SMILES string of the molecule is CC(CC#N)N(C)C(=O)N(C)CCC(=O)O. The Morgan fingerprint density at radius 1 is 1.44 bits per heavy atom. The Hall–Kier alpha value is -1.77. The second-order valence-electron chi connectivity index (χ2n) is 3.67. The number of hydrogen-bond acceptors (Lipinski definition) is 3. The number of aliphatic carboxylic acids is 1. The molecule has 0 fully saturated rings. The quantitative estimate of drug-likeness (QED) is 0.751. The Morgan fingerprint density at radius 2 is 2.00 bits per heavy atom. The molecule has 0 aliphatic rings. The average Bonchev–Trinajstić information content (AvgIpc) is 2.23. The van der Waals surface area contributed by atoms with Gasteiger partial charge in [-0.1, -0.05) is 0 Å². The first kappa shape index (κ1) is 14.2. The molecule has 0 aliphatic heterocycles. The molecule has 0 aromatic heterocycles. The predicted molar refractivity (Wildman–Crippen MR) is 57.7 cm³/mol. The summed E-state index contributed by atoms with van der Waals surface area (Å²) < 4.78 is 0.